The quantitative estimate of drug-likeness (QED) is 0.921. The molecule has 0 spiro atoms. The third-order valence-electron chi connectivity index (χ3n) is 3.92. The lowest BCUT2D eigenvalue weighted by Gasteiger charge is -2.17. The van der Waals surface area contributed by atoms with E-state index in [4.69, 9.17) is 5.11 Å². The Morgan fingerprint density at radius 1 is 1.37 bits per heavy atom. The van der Waals surface area contributed by atoms with Crippen LogP contribution in [0.4, 0.5) is 0 Å². The molecule has 1 N–H and O–H groups in total. The van der Waals surface area contributed by atoms with Gasteiger partial charge >= 0.3 is 5.97 Å². The van der Waals surface area contributed by atoms with Crippen molar-refractivity contribution in [2.45, 2.75) is 27.3 Å². The van der Waals surface area contributed by atoms with Crippen molar-refractivity contribution in [3.8, 4) is 0 Å². The molecule has 1 aliphatic carbocycles. The number of rotatable bonds is 4. The largest absolute Gasteiger partial charge is 0.481 e. The predicted octanol–water partition coefficient (Wildman–Crippen LogP) is 2.37. The first-order chi connectivity index (χ1) is 8.75. The molecule has 2 rings (SSSR count). The van der Waals surface area contributed by atoms with Gasteiger partial charge in [-0.15, -0.1) is 11.3 Å². The molecule has 0 unspecified atom stereocenters. The Morgan fingerprint density at radius 3 is 2.42 bits per heavy atom. The number of aliphatic carboxylic acids is 1. The lowest BCUT2D eigenvalue weighted by molar-refractivity contribution is -0.141. The highest BCUT2D eigenvalue weighted by Crippen LogP contribution is 2.59. The van der Waals surface area contributed by atoms with Crippen LogP contribution in [0.1, 0.15) is 23.6 Å². The summed E-state index contributed by atoms with van der Waals surface area (Å²) < 4.78 is 0. The van der Waals surface area contributed by atoms with Gasteiger partial charge in [0, 0.05) is 16.8 Å². The maximum absolute atomic E-state index is 12.3. The van der Waals surface area contributed by atoms with E-state index in [1.807, 2.05) is 32.9 Å². The fraction of sp³-hybridized carbons (Fsp3) is 0.571. The Kier molecular flexibility index (Phi) is 3.43. The number of hydrogen-bond acceptors (Lipinski definition) is 3. The topological polar surface area (TPSA) is 57.6 Å². The fourth-order valence-electron chi connectivity index (χ4n) is 2.68. The number of thiophene rings is 1. The Morgan fingerprint density at radius 2 is 2.00 bits per heavy atom. The number of nitrogens with zero attached hydrogens (tertiary/aromatic N) is 1. The van der Waals surface area contributed by atoms with Gasteiger partial charge < -0.3 is 10.0 Å². The van der Waals surface area contributed by atoms with Crippen molar-refractivity contribution in [1.29, 1.82) is 0 Å². The van der Waals surface area contributed by atoms with Crippen molar-refractivity contribution in [3.05, 3.63) is 21.9 Å². The molecule has 1 aromatic rings. The zero-order chi connectivity index (χ0) is 14.4. The van der Waals surface area contributed by atoms with Gasteiger partial charge in [0.05, 0.1) is 18.4 Å². The second kappa shape index (κ2) is 4.63. The Labute approximate surface area is 117 Å². The van der Waals surface area contributed by atoms with Gasteiger partial charge in [0.15, 0.2) is 0 Å². The monoisotopic (exact) mass is 281 g/mol. The maximum Gasteiger partial charge on any atom is 0.307 e. The number of aryl methyl sites for hydroxylation is 1. The molecule has 1 aliphatic rings. The molecule has 0 aromatic carbocycles. The molecule has 4 nitrogen and oxygen atoms in total. The molecule has 104 valence electrons. The van der Waals surface area contributed by atoms with E-state index in [1.54, 1.807) is 23.3 Å². The van der Waals surface area contributed by atoms with Gasteiger partial charge in [-0.25, -0.2) is 0 Å². The van der Waals surface area contributed by atoms with Crippen LogP contribution >= 0.6 is 11.3 Å². The molecular formula is C14H19NO3S. The van der Waals surface area contributed by atoms with E-state index in [0.717, 1.165) is 4.88 Å². The number of carboxylic acid groups (broad SMARTS) is 1. The van der Waals surface area contributed by atoms with Gasteiger partial charge in [0.1, 0.15) is 0 Å². The zero-order valence-electron chi connectivity index (χ0n) is 11.6. The van der Waals surface area contributed by atoms with E-state index in [9.17, 15) is 9.59 Å². The third kappa shape index (κ3) is 2.52. The highest BCUT2D eigenvalue weighted by molar-refractivity contribution is 7.11. The lowest BCUT2D eigenvalue weighted by atomic mass is 10.1. The zero-order valence-corrected chi connectivity index (χ0v) is 12.5. The minimum atomic E-state index is -0.872. The van der Waals surface area contributed by atoms with Gasteiger partial charge in [-0.2, -0.15) is 0 Å². The van der Waals surface area contributed by atoms with Crippen LogP contribution in [0.3, 0.4) is 0 Å². The highest BCUT2D eigenvalue weighted by Gasteiger charge is 2.66. The fourth-order valence-corrected chi connectivity index (χ4v) is 3.62. The van der Waals surface area contributed by atoms with Gasteiger partial charge in [0.2, 0.25) is 5.91 Å². The maximum atomic E-state index is 12.3. The van der Waals surface area contributed by atoms with Crippen molar-refractivity contribution in [2.24, 2.45) is 17.3 Å². The van der Waals surface area contributed by atoms with Crippen LogP contribution in [0.15, 0.2) is 12.1 Å². The van der Waals surface area contributed by atoms with Crippen LogP contribution in [0, 0.1) is 24.2 Å². The molecule has 1 amide bonds. The second-order valence-corrected chi connectivity index (χ2v) is 7.19. The van der Waals surface area contributed by atoms with Gasteiger partial charge in [-0.05, 0) is 24.5 Å². The first-order valence-corrected chi connectivity index (χ1v) is 7.10. The van der Waals surface area contributed by atoms with Crippen LogP contribution in [0.5, 0.6) is 0 Å². The SMILES string of the molecule is Cc1ccc(CN(C)C(=O)[C@@H]2[C@H](C(=O)O)C2(C)C)s1. The average molecular weight is 281 g/mol. The molecule has 1 aromatic heterocycles. The van der Waals surface area contributed by atoms with E-state index < -0.39 is 23.2 Å². The molecular weight excluding hydrogens is 262 g/mol. The van der Waals surface area contributed by atoms with E-state index in [2.05, 4.69) is 0 Å². The molecule has 0 radical (unpaired) electrons. The summed E-state index contributed by atoms with van der Waals surface area (Å²) in [4.78, 5) is 27.4. The number of carboxylic acids is 1. The summed E-state index contributed by atoms with van der Waals surface area (Å²) in [6.07, 6.45) is 0. The van der Waals surface area contributed by atoms with Crippen molar-refractivity contribution in [2.75, 3.05) is 7.05 Å². The number of carbonyl (C=O) groups excluding carboxylic acids is 1. The second-order valence-electron chi connectivity index (χ2n) is 5.82. The summed E-state index contributed by atoms with van der Waals surface area (Å²) in [5.41, 5.74) is -0.428. The summed E-state index contributed by atoms with van der Waals surface area (Å²) in [7, 11) is 1.74. The van der Waals surface area contributed by atoms with E-state index in [0.29, 0.717) is 6.54 Å². The van der Waals surface area contributed by atoms with Crippen LogP contribution in [-0.4, -0.2) is 28.9 Å². The average Bonchev–Trinajstić information content (AvgIpc) is 2.63. The summed E-state index contributed by atoms with van der Waals surface area (Å²) in [6, 6.07) is 4.04. The Hall–Kier alpha value is -1.36. The molecule has 19 heavy (non-hydrogen) atoms. The molecule has 5 heteroatoms. The highest BCUT2D eigenvalue weighted by atomic mass is 32.1. The van der Waals surface area contributed by atoms with E-state index in [1.165, 1.54) is 4.88 Å². The smallest absolute Gasteiger partial charge is 0.307 e. The predicted molar refractivity (Wildman–Crippen MR) is 73.9 cm³/mol. The Bertz CT molecular complexity index is 521. The van der Waals surface area contributed by atoms with Crippen LogP contribution in [-0.2, 0) is 16.1 Å². The molecule has 1 fully saturated rings. The molecule has 0 saturated heterocycles. The van der Waals surface area contributed by atoms with E-state index >= 15 is 0 Å². The minimum absolute atomic E-state index is 0.0662. The van der Waals surface area contributed by atoms with Crippen LogP contribution in [0.2, 0.25) is 0 Å². The molecule has 0 aliphatic heterocycles. The standard InChI is InChI=1S/C14H19NO3S/c1-8-5-6-9(19-8)7-15(4)12(16)10-11(13(17)18)14(10,2)3/h5-6,10-11H,7H2,1-4H3,(H,17,18)/t10-,11+/m0/s1. The number of carbonyl (C=O) groups is 2. The molecule has 1 heterocycles. The normalized spacial score (nSPS) is 24.0. The number of hydrogen-bond donors (Lipinski definition) is 1. The minimum Gasteiger partial charge on any atom is -0.481 e. The van der Waals surface area contributed by atoms with Crippen molar-refractivity contribution in [1.82, 2.24) is 4.90 Å². The molecule has 2 atom stereocenters. The third-order valence-corrected chi connectivity index (χ3v) is 4.91. The van der Waals surface area contributed by atoms with E-state index in [-0.39, 0.29) is 5.91 Å². The number of amides is 1. The summed E-state index contributed by atoms with van der Waals surface area (Å²) in [6.45, 7) is 6.27. The Balaban J connectivity index is 2.03. The van der Waals surface area contributed by atoms with Crippen LogP contribution in [0.25, 0.3) is 0 Å². The summed E-state index contributed by atoms with van der Waals surface area (Å²) in [5, 5.41) is 9.11. The summed E-state index contributed by atoms with van der Waals surface area (Å²) >= 11 is 1.66. The summed E-state index contributed by atoms with van der Waals surface area (Å²) in [5.74, 6) is -1.88. The lowest BCUT2D eigenvalue weighted by Crippen LogP contribution is -2.29. The van der Waals surface area contributed by atoms with Crippen molar-refractivity contribution >= 4 is 23.2 Å². The molecule has 0 bridgehead atoms. The van der Waals surface area contributed by atoms with Gasteiger partial charge in [0.25, 0.3) is 0 Å². The molecule has 1 saturated carbocycles. The van der Waals surface area contributed by atoms with Crippen LogP contribution < -0.4 is 0 Å². The first kappa shape index (κ1) is 14.1. The van der Waals surface area contributed by atoms with Gasteiger partial charge in [-0.1, -0.05) is 13.8 Å². The first-order valence-electron chi connectivity index (χ1n) is 6.28. The van der Waals surface area contributed by atoms with Crippen molar-refractivity contribution < 1.29 is 14.7 Å². The van der Waals surface area contributed by atoms with Crippen molar-refractivity contribution in [3.63, 3.8) is 0 Å². The van der Waals surface area contributed by atoms with Gasteiger partial charge in [-0.3, -0.25) is 9.59 Å².